The molecular weight excluding hydrogens is 378 g/mol. The molecule has 0 fully saturated rings. The lowest BCUT2D eigenvalue weighted by molar-refractivity contribution is 0.0668. The number of aryl methyl sites for hydroxylation is 1. The fourth-order valence-corrected chi connectivity index (χ4v) is 3.11. The summed E-state index contributed by atoms with van der Waals surface area (Å²) in [5.41, 5.74) is 3.44. The molecule has 0 radical (unpaired) electrons. The number of methoxy groups -OCH3 is 1. The summed E-state index contributed by atoms with van der Waals surface area (Å²) in [5, 5.41) is 10.2. The van der Waals surface area contributed by atoms with E-state index < -0.39 is 6.10 Å². The molecule has 0 saturated heterocycles. The lowest BCUT2D eigenvalue weighted by atomic mass is 10.1. The molecule has 0 amide bonds. The maximum Gasteiger partial charge on any atom is 0.161 e. The highest BCUT2D eigenvalue weighted by atomic mass is 16.5. The third kappa shape index (κ3) is 7.59. The molecule has 1 aromatic carbocycles. The number of ether oxygens (including phenoxy) is 2. The van der Waals surface area contributed by atoms with E-state index in [4.69, 9.17) is 9.47 Å². The molecular formula is C24H37N3O3. The quantitative estimate of drug-likeness (QED) is 0.574. The molecule has 6 heteroatoms. The van der Waals surface area contributed by atoms with Crippen LogP contribution in [0.2, 0.25) is 0 Å². The minimum absolute atomic E-state index is 0.228. The van der Waals surface area contributed by atoms with Crippen LogP contribution in [0.4, 0.5) is 0 Å². The summed E-state index contributed by atoms with van der Waals surface area (Å²) in [7, 11) is 5.71. The second kappa shape index (κ2) is 11.9. The molecule has 1 atom stereocenters. The summed E-state index contributed by atoms with van der Waals surface area (Å²) in [6, 6.07) is 10.5. The van der Waals surface area contributed by atoms with Crippen molar-refractivity contribution in [3.63, 3.8) is 0 Å². The van der Waals surface area contributed by atoms with Gasteiger partial charge < -0.3 is 19.5 Å². The van der Waals surface area contributed by atoms with Crippen LogP contribution < -0.4 is 9.47 Å². The Balaban J connectivity index is 1.92. The third-order valence-electron chi connectivity index (χ3n) is 5.22. The monoisotopic (exact) mass is 415 g/mol. The fourth-order valence-electron chi connectivity index (χ4n) is 3.11. The molecule has 6 nitrogen and oxygen atoms in total. The third-order valence-corrected chi connectivity index (χ3v) is 5.22. The van der Waals surface area contributed by atoms with Gasteiger partial charge in [-0.1, -0.05) is 19.1 Å². The van der Waals surface area contributed by atoms with Crippen LogP contribution in [0.5, 0.6) is 11.5 Å². The topological polar surface area (TPSA) is 58.1 Å². The van der Waals surface area contributed by atoms with Gasteiger partial charge in [-0.3, -0.25) is 9.88 Å². The van der Waals surface area contributed by atoms with Gasteiger partial charge in [-0.05, 0) is 63.7 Å². The van der Waals surface area contributed by atoms with Crippen molar-refractivity contribution in [2.75, 3.05) is 34.4 Å². The average Bonchev–Trinajstić information content (AvgIpc) is 2.73. The molecule has 0 aliphatic rings. The smallest absolute Gasteiger partial charge is 0.161 e. The number of aromatic nitrogens is 1. The van der Waals surface area contributed by atoms with E-state index in [0.29, 0.717) is 24.1 Å². The molecule has 1 N–H and O–H groups in total. The van der Waals surface area contributed by atoms with Crippen molar-refractivity contribution in [1.29, 1.82) is 0 Å². The van der Waals surface area contributed by atoms with Crippen molar-refractivity contribution >= 4 is 0 Å². The first-order valence-corrected chi connectivity index (χ1v) is 10.6. The van der Waals surface area contributed by atoms with Gasteiger partial charge in [-0.25, -0.2) is 0 Å². The zero-order valence-electron chi connectivity index (χ0n) is 19.3. The van der Waals surface area contributed by atoms with Crippen molar-refractivity contribution in [2.24, 2.45) is 0 Å². The molecule has 0 aliphatic heterocycles. The van der Waals surface area contributed by atoms with Gasteiger partial charge in [0.25, 0.3) is 0 Å². The molecule has 2 aromatic rings. The van der Waals surface area contributed by atoms with Crippen molar-refractivity contribution in [1.82, 2.24) is 14.8 Å². The molecule has 0 bridgehead atoms. The highest BCUT2D eigenvalue weighted by Crippen LogP contribution is 2.28. The Morgan fingerprint density at radius 2 is 1.77 bits per heavy atom. The zero-order valence-corrected chi connectivity index (χ0v) is 19.3. The molecule has 1 heterocycles. The van der Waals surface area contributed by atoms with Crippen LogP contribution in [0, 0.1) is 0 Å². The fraction of sp³-hybridized carbons (Fsp3) is 0.542. The predicted molar refractivity (Wildman–Crippen MR) is 121 cm³/mol. The van der Waals surface area contributed by atoms with Gasteiger partial charge in [-0.2, -0.15) is 0 Å². The standard InChI is InChI=1S/C24H37N3O3/c1-7-19-8-10-21(25-13-19)15-26(4)14-20-9-11-23(24(12-20)29-6)30-17-22(28)16-27(5)18(2)3/h8-13,18,22,28H,7,14-17H2,1-6H3/t22-/m1/s1. The van der Waals surface area contributed by atoms with Crippen LogP contribution in [-0.4, -0.2) is 66.4 Å². The summed E-state index contributed by atoms with van der Waals surface area (Å²) in [6.45, 7) is 8.68. The molecule has 30 heavy (non-hydrogen) atoms. The largest absolute Gasteiger partial charge is 0.493 e. The maximum absolute atomic E-state index is 10.2. The highest BCUT2D eigenvalue weighted by Gasteiger charge is 2.14. The number of hydrogen-bond acceptors (Lipinski definition) is 6. The average molecular weight is 416 g/mol. The number of nitrogens with zero attached hydrogens (tertiary/aromatic N) is 3. The molecule has 166 valence electrons. The lowest BCUT2D eigenvalue weighted by Crippen LogP contribution is -2.36. The van der Waals surface area contributed by atoms with Crippen LogP contribution in [0.15, 0.2) is 36.5 Å². The van der Waals surface area contributed by atoms with Gasteiger partial charge in [0.1, 0.15) is 12.7 Å². The Morgan fingerprint density at radius 3 is 2.37 bits per heavy atom. The first kappa shape index (κ1) is 24.1. The second-order valence-electron chi connectivity index (χ2n) is 8.17. The lowest BCUT2D eigenvalue weighted by Gasteiger charge is -2.24. The number of aliphatic hydroxyl groups is 1. The Bertz CT molecular complexity index is 765. The number of hydrogen-bond donors (Lipinski definition) is 1. The van der Waals surface area contributed by atoms with Crippen molar-refractivity contribution in [2.45, 2.75) is 52.4 Å². The Labute approximate surface area is 181 Å². The van der Waals surface area contributed by atoms with Gasteiger partial charge in [-0.15, -0.1) is 0 Å². The Hall–Kier alpha value is -2.15. The first-order chi connectivity index (χ1) is 14.3. The number of likely N-dealkylation sites (N-methyl/N-ethyl adjacent to an activating group) is 1. The van der Waals surface area contributed by atoms with Gasteiger partial charge in [0, 0.05) is 31.9 Å². The molecule has 0 saturated carbocycles. The summed E-state index contributed by atoms with van der Waals surface area (Å²) in [5.74, 6) is 1.32. The van der Waals surface area contributed by atoms with Gasteiger partial charge in [0.15, 0.2) is 11.5 Å². The van der Waals surface area contributed by atoms with E-state index in [9.17, 15) is 5.11 Å². The molecule has 1 aromatic heterocycles. The Morgan fingerprint density at radius 1 is 1.03 bits per heavy atom. The van der Waals surface area contributed by atoms with E-state index >= 15 is 0 Å². The zero-order chi connectivity index (χ0) is 22.1. The predicted octanol–water partition coefficient (Wildman–Crippen LogP) is 3.36. The molecule has 0 aliphatic carbocycles. The Kier molecular flexibility index (Phi) is 9.56. The first-order valence-electron chi connectivity index (χ1n) is 10.6. The summed E-state index contributed by atoms with van der Waals surface area (Å²) >= 11 is 0. The van der Waals surface area contributed by atoms with Crippen molar-refractivity contribution in [3.05, 3.63) is 53.3 Å². The molecule has 2 rings (SSSR count). The van der Waals surface area contributed by atoms with E-state index in [2.05, 4.69) is 54.7 Å². The van der Waals surface area contributed by atoms with E-state index in [1.807, 2.05) is 31.4 Å². The van der Waals surface area contributed by atoms with E-state index in [1.54, 1.807) is 7.11 Å². The van der Waals surface area contributed by atoms with Crippen LogP contribution in [0.25, 0.3) is 0 Å². The number of aliphatic hydroxyl groups excluding tert-OH is 1. The highest BCUT2D eigenvalue weighted by molar-refractivity contribution is 5.43. The van der Waals surface area contributed by atoms with Crippen LogP contribution in [0.3, 0.4) is 0 Å². The van der Waals surface area contributed by atoms with Crippen LogP contribution in [-0.2, 0) is 19.5 Å². The number of pyridine rings is 1. The van der Waals surface area contributed by atoms with Gasteiger partial charge in [0.2, 0.25) is 0 Å². The second-order valence-corrected chi connectivity index (χ2v) is 8.17. The normalized spacial score (nSPS) is 12.6. The van der Waals surface area contributed by atoms with Crippen molar-refractivity contribution in [3.8, 4) is 11.5 Å². The van der Waals surface area contributed by atoms with Gasteiger partial charge in [0.05, 0.1) is 12.8 Å². The van der Waals surface area contributed by atoms with Crippen LogP contribution in [0.1, 0.15) is 37.6 Å². The van der Waals surface area contributed by atoms with E-state index in [1.165, 1.54) is 5.56 Å². The SMILES string of the molecule is CCc1ccc(CN(C)Cc2ccc(OC[C@H](O)CN(C)C(C)C)c(OC)c2)nc1. The van der Waals surface area contributed by atoms with Gasteiger partial charge >= 0.3 is 0 Å². The van der Waals surface area contributed by atoms with Crippen molar-refractivity contribution < 1.29 is 14.6 Å². The molecule has 0 spiro atoms. The minimum Gasteiger partial charge on any atom is -0.493 e. The van der Waals surface area contributed by atoms with Crippen LogP contribution >= 0.6 is 0 Å². The summed E-state index contributed by atoms with van der Waals surface area (Å²) < 4.78 is 11.3. The molecule has 0 unspecified atom stereocenters. The summed E-state index contributed by atoms with van der Waals surface area (Å²) in [6.07, 6.45) is 2.40. The minimum atomic E-state index is -0.556. The maximum atomic E-state index is 10.2. The number of benzene rings is 1. The van der Waals surface area contributed by atoms with E-state index in [0.717, 1.165) is 30.8 Å². The van der Waals surface area contributed by atoms with E-state index in [-0.39, 0.29) is 6.61 Å². The summed E-state index contributed by atoms with van der Waals surface area (Å²) in [4.78, 5) is 8.85. The number of rotatable bonds is 12.